The number of aliphatic carboxylic acids is 1. The maximum Gasteiger partial charge on any atom is 1.00 e. The second kappa shape index (κ2) is 9.40. The normalized spacial score (nSPS) is 11.2. The molecule has 0 aliphatic rings. The van der Waals surface area contributed by atoms with E-state index in [1.54, 1.807) is 0 Å². The van der Waals surface area contributed by atoms with Gasteiger partial charge in [-0.2, -0.15) is 0 Å². The second-order valence-electron chi connectivity index (χ2n) is 2.76. The Hall–Kier alpha value is -0.160. The first-order valence-corrected chi connectivity index (χ1v) is 4.20. The van der Waals surface area contributed by atoms with Crippen LogP contribution in [0.5, 0.6) is 0 Å². The fourth-order valence-corrected chi connectivity index (χ4v) is 1.01. The average molecular weight is 207 g/mol. The van der Waals surface area contributed by atoms with Gasteiger partial charge < -0.3 is 15.6 Å². The van der Waals surface area contributed by atoms with Crippen LogP contribution in [-0.2, 0) is 9.59 Å². The third-order valence-corrected chi connectivity index (χ3v) is 1.78. The number of carbonyl (C=O) groups is 2. The van der Waals surface area contributed by atoms with Crippen LogP contribution in [0.25, 0.3) is 0 Å². The van der Waals surface area contributed by atoms with Gasteiger partial charge in [0.05, 0.1) is 11.9 Å². The monoisotopic (exact) mass is 207 g/mol. The maximum atomic E-state index is 11.0. The molecule has 0 aromatic carbocycles. The van der Waals surface area contributed by atoms with Crippen molar-refractivity contribution < 1.29 is 44.3 Å². The zero-order valence-electron chi connectivity index (χ0n) is 8.49. The SMILES string of the molecule is C=CC(=O)C(CCCCN)C(=O)[O-].[Na+]. The number of rotatable bonds is 7. The van der Waals surface area contributed by atoms with Crippen molar-refractivity contribution in [2.24, 2.45) is 11.7 Å². The molecule has 0 saturated carbocycles. The summed E-state index contributed by atoms with van der Waals surface area (Å²) < 4.78 is 0. The number of allylic oxidation sites excluding steroid dienone is 1. The van der Waals surface area contributed by atoms with Gasteiger partial charge in [-0.05, 0) is 25.5 Å². The molecule has 0 rings (SSSR count). The minimum absolute atomic E-state index is 0. The minimum Gasteiger partial charge on any atom is -0.549 e. The van der Waals surface area contributed by atoms with Crippen LogP contribution < -0.4 is 40.4 Å². The van der Waals surface area contributed by atoms with Crippen LogP contribution >= 0.6 is 0 Å². The smallest absolute Gasteiger partial charge is 0.549 e. The van der Waals surface area contributed by atoms with E-state index in [1.165, 1.54) is 0 Å². The number of carboxylic acid groups (broad SMARTS) is 1. The van der Waals surface area contributed by atoms with Crippen LogP contribution in [0.2, 0.25) is 0 Å². The Morgan fingerprint density at radius 2 is 2.00 bits per heavy atom. The predicted octanol–water partition coefficient (Wildman–Crippen LogP) is -3.76. The van der Waals surface area contributed by atoms with Crippen molar-refractivity contribution in [3.05, 3.63) is 12.7 Å². The van der Waals surface area contributed by atoms with Crippen LogP contribution in [0.1, 0.15) is 19.3 Å². The first-order chi connectivity index (χ1) is 6.13. The summed E-state index contributed by atoms with van der Waals surface area (Å²) in [6.45, 7) is 3.73. The molecule has 5 heteroatoms. The van der Waals surface area contributed by atoms with E-state index in [2.05, 4.69) is 6.58 Å². The zero-order valence-corrected chi connectivity index (χ0v) is 10.5. The number of nitrogens with two attached hydrogens (primary N) is 1. The Morgan fingerprint density at radius 3 is 2.36 bits per heavy atom. The Bertz CT molecular complexity index is 206. The average Bonchev–Trinajstić information content (AvgIpc) is 2.11. The van der Waals surface area contributed by atoms with E-state index in [0.29, 0.717) is 19.4 Å². The van der Waals surface area contributed by atoms with Gasteiger partial charge in [-0.3, -0.25) is 4.79 Å². The Labute approximate surface area is 106 Å². The summed E-state index contributed by atoms with van der Waals surface area (Å²) in [6.07, 6.45) is 2.64. The Morgan fingerprint density at radius 1 is 1.43 bits per heavy atom. The molecule has 0 amide bonds. The number of unbranched alkanes of at least 4 members (excludes halogenated alkanes) is 1. The number of ketones is 1. The van der Waals surface area contributed by atoms with E-state index in [4.69, 9.17) is 5.73 Å². The quantitative estimate of drug-likeness (QED) is 0.201. The molecule has 0 aromatic heterocycles. The maximum absolute atomic E-state index is 11.0. The summed E-state index contributed by atoms with van der Waals surface area (Å²) in [5.41, 5.74) is 5.23. The van der Waals surface area contributed by atoms with E-state index < -0.39 is 17.7 Å². The van der Waals surface area contributed by atoms with E-state index in [9.17, 15) is 14.7 Å². The molecule has 1 unspecified atom stereocenters. The summed E-state index contributed by atoms with van der Waals surface area (Å²) in [5, 5.41) is 10.5. The van der Waals surface area contributed by atoms with Gasteiger partial charge >= 0.3 is 29.6 Å². The molecule has 0 aliphatic carbocycles. The molecule has 0 saturated heterocycles. The Kier molecular flexibility index (Phi) is 10.9. The molecule has 0 aliphatic heterocycles. The van der Waals surface area contributed by atoms with Gasteiger partial charge in [0.1, 0.15) is 0 Å². The van der Waals surface area contributed by atoms with Crippen LogP contribution in [0.4, 0.5) is 0 Å². The van der Waals surface area contributed by atoms with Gasteiger partial charge in [0.15, 0.2) is 5.78 Å². The van der Waals surface area contributed by atoms with E-state index in [0.717, 1.165) is 6.08 Å². The molecule has 4 nitrogen and oxygen atoms in total. The van der Waals surface area contributed by atoms with Crippen molar-refractivity contribution >= 4 is 11.8 Å². The molecule has 0 fully saturated rings. The molecule has 1 atom stereocenters. The molecular weight excluding hydrogens is 193 g/mol. The van der Waals surface area contributed by atoms with Crippen molar-refractivity contribution in [1.29, 1.82) is 0 Å². The van der Waals surface area contributed by atoms with Crippen LogP contribution in [0.15, 0.2) is 12.7 Å². The second-order valence-corrected chi connectivity index (χ2v) is 2.76. The van der Waals surface area contributed by atoms with Crippen LogP contribution in [0, 0.1) is 5.92 Å². The summed E-state index contributed by atoms with van der Waals surface area (Å²) in [5.74, 6) is -2.87. The van der Waals surface area contributed by atoms with Gasteiger partial charge in [-0.25, -0.2) is 0 Å². The predicted molar refractivity (Wildman–Crippen MR) is 46.6 cm³/mol. The third kappa shape index (κ3) is 6.32. The number of hydrogen-bond donors (Lipinski definition) is 1. The van der Waals surface area contributed by atoms with Crippen molar-refractivity contribution in [2.75, 3.05) is 6.54 Å². The molecule has 0 radical (unpaired) electrons. The summed E-state index contributed by atoms with van der Waals surface area (Å²) in [6, 6.07) is 0. The number of hydrogen-bond acceptors (Lipinski definition) is 4. The molecule has 0 aromatic rings. The summed E-state index contributed by atoms with van der Waals surface area (Å²) in [7, 11) is 0. The Balaban J connectivity index is 0. The van der Waals surface area contributed by atoms with E-state index in [1.807, 2.05) is 0 Å². The van der Waals surface area contributed by atoms with Gasteiger partial charge in [0.25, 0.3) is 0 Å². The minimum atomic E-state index is -1.33. The van der Waals surface area contributed by atoms with Crippen molar-refractivity contribution in [1.82, 2.24) is 0 Å². The first-order valence-electron chi connectivity index (χ1n) is 4.20. The van der Waals surface area contributed by atoms with E-state index >= 15 is 0 Å². The van der Waals surface area contributed by atoms with Crippen molar-refractivity contribution in [3.8, 4) is 0 Å². The number of carboxylic acids is 1. The number of carbonyl (C=O) groups excluding carboxylic acids is 2. The molecule has 0 spiro atoms. The summed E-state index contributed by atoms with van der Waals surface area (Å²) in [4.78, 5) is 21.5. The standard InChI is InChI=1S/C9H15NO3.Na/c1-2-8(11)7(9(12)13)5-3-4-6-10;/h2,7H,1,3-6,10H2,(H,12,13);/q;+1/p-1. The van der Waals surface area contributed by atoms with Gasteiger partial charge in [-0.15, -0.1) is 0 Å². The molecule has 2 N–H and O–H groups in total. The summed E-state index contributed by atoms with van der Waals surface area (Å²) >= 11 is 0. The van der Waals surface area contributed by atoms with Crippen molar-refractivity contribution in [3.63, 3.8) is 0 Å². The van der Waals surface area contributed by atoms with E-state index in [-0.39, 0.29) is 36.0 Å². The molecule has 14 heavy (non-hydrogen) atoms. The molecule has 0 bridgehead atoms. The third-order valence-electron chi connectivity index (χ3n) is 1.78. The molecular formula is C9H14NNaO3. The van der Waals surface area contributed by atoms with Crippen LogP contribution in [-0.4, -0.2) is 18.3 Å². The molecule has 74 valence electrons. The fourth-order valence-electron chi connectivity index (χ4n) is 1.01. The van der Waals surface area contributed by atoms with Gasteiger partial charge in [0.2, 0.25) is 0 Å². The molecule has 0 heterocycles. The van der Waals surface area contributed by atoms with Crippen LogP contribution in [0.3, 0.4) is 0 Å². The largest absolute Gasteiger partial charge is 1.00 e. The topological polar surface area (TPSA) is 83.2 Å². The van der Waals surface area contributed by atoms with Gasteiger partial charge in [0, 0.05) is 0 Å². The fraction of sp³-hybridized carbons (Fsp3) is 0.556. The first kappa shape index (κ1) is 16.3. The van der Waals surface area contributed by atoms with Crippen molar-refractivity contribution in [2.45, 2.75) is 19.3 Å². The zero-order chi connectivity index (χ0) is 10.3. The van der Waals surface area contributed by atoms with Gasteiger partial charge in [-0.1, -0.05) is 13.0 Å².